The number of carbonyl (C=O) groups is 1. The maximum atomic E-state index is 13.3. The number of hydrogen-bond acceptors (Lipinski definition) is 5. The van der Waals surface area contributed by atoms with E-state index in [1.54, 1.807) is 0 Å². The van der Waals surface area contributed by atoms with E-state index < -0.39 is 18.0 Å². The van der Waals surface area contributed by atoms with Gasteiger partial charge >= 0.3 is 0 Å². The van der Waals surface area contributed by atoms with Crippen molar-refractivity contribution in [3.63, 3.8) is 0 Å². The molecule has 0 spiro atoms. The molecule has 7 heteroatoms. The zero-order chi connectivity index (χ0) is 13.9. The highest BCUT2D eigenvalue weighted by Gasteiger charge is 2.22. The van der Waals surface area contributed by atoms with E-state index in [1.807, 2.05) is 0 Å². The summed E-state index contributed by atoms with van der Waals surface area (Å²) in [5, 5.41) is 19.4. The summed E-state index contributed by atoms with van der Waals surface area (Å²) in [6, 6.07) is 2.14. The van der Waals surface area contributed by atoms with Crippen molar-refractivity contribution in [1.29, 1.82) is 0 Å². The fourth-order valence-electron chi connectivity index (χ4n) is 1.31. The standard InChI is InChI=1S/C11H13ClFNO3S/c1-5(15)18-4-10(16)11(17)6-2-8(13)9(14)3-7(6)12/h2-3,10-11,16-17H,4,14H2,1H3. The number of anilines is 1. The summed E-state index contributed by atoms with van der Waals surface area (Å²) in [6.45, 7) is 1.35. The van der Waals surface area contributed by atoms with Crippen LogP contribution < -0.4 is 5.73 Å². The fourth-order valence-corrected chi connectivity index (χ4v) is 2.18. The van der Waals surface area contributed by atoms with Crippen LogP contribution in [0.5, 0.6) is 0 Å². The molecule has 2 atom stereocenters. The molecule has 0 saturated heterocycles. The van der Waals surface area contributed by atoms with Gasteiger partial charge in [-0.3, -0.25) is 4.79 Å². The fraction of sp³-hybridized carbons (Fsp3) is 0.364. The Labute approximate surface area is 113 Å². The van der Waals surface area contributed by atoms with Gasteiger partial charge in [-0.1, -0.05) is 23.4 Å². The molecule has 1 rings (SSSR count). The van der Waals surface area contributed by atoms with Gasteiger partial charge in [0.25, 0.3) is 0 Å². The molecule has 0 aliphatic rings. The third kappa shape index (κ3) is 3.84. The molecule has 1 aromatic rings. The van der Waals surface area contributed by atoms with Gasteiger partial charge in [0.05, 0.1) is 11.8 Å². The highest BCUT2D eigenvalue weighted by atomic mass is 35.5. The molecule has 2 unspecified atom stereocenters. The molecule has 0 saturated carbocycles. The summed E-state index contributed by atoms with van der Waals surface area (Å²) >= 11 is 6.68. The highest BCUT2D eigenvalue weighted by Crippen LogP contribution is 2.30. The third-order valence-corrected chi connectivity index (χ3v) is 3.50. The van der Waals surface area contributed by atoms with Gasteiger partial charge < -0.3 is 15.9 Å². The van der Waals surface area contributed by atoms with Crippen LogP contribution in [0.4, 0.5) is 10.1 Å². The van der Waals surface area contributed by atoms with Gasteiger partial charge in [0.2, 0.25) is 0 Å². The van der Waals surface area contributed by atoms with Crippen LogP contribution >= 0.6 is 23.4 Å². The second kappa shape index (κ2) is 6.38. The number of aliphatic hydroxyl groups is 2. The third-order valence-electron chi connectivity index (χ3n) is 2.26. The van der Waals surface area contributed by atoms with Crippen LogP contribution in [0.3, 0.4) is 0 Å². The summed E-state index contributed by atoms with van der Waals surface area (Å²) in [5.41, 5.74) is 5.22. The molecule has 4 nitrogen and oxygen atoms in total. The molecular formula is C11H13ClFNO3S. The maximum absolute atomic E-state index is 13.3. The number of nitrogens with two attached hydrogens (primary N) is 1. The summed E-state index contributed by atoms with van der Waals surface area (Å²) in [5.74, 6) is -0.724. The van der Waals surface area contributed by atoms with E-state index >= 15 is 0 Å². The zero-order valence-corrected chi connectivity index (χ0v) is 11.1. The van der Waals surface area contributed by atoms with Gasteiger partial charge in [0.15, 0.2) is 5.12 Å². The van der Waals surface area contributed by atoms with E-state index in [0.29, 0.717) is 0 Å². The lowest BCUT2D eigenvalue weighted by atomic mass is 10.0. The Morgan fingerprint density at radius 1 is 1.56 bits per heavy atom. The Kier molecular flexibility index (Phi) is 5.40. The molecule has 0 aliphatic carbocycles. The summed E-state index contributed by atoms with van der Waals surface area (Å²) in [4.78, 5) is 10.7. The van der Waals surface area contributed by atoms with Crippen molar-refractivity contribution in [1.82, 2.24) is 0 Å². The first kappa shape index (κ1) is 15.2. The van der Waals surface area contributed by atoms with E-state index in [0.717, 1.165) is 17.8 Å². The lowest BCUT2D eigenvalue weighted by molar-refractivity contribution is -0.109. The average Bonchev–Trinajstić information content (AvgIpc) is 2.29. The number of carbonyl (C=O) groups excluding carboxylic acids is 1. The second-order valence-electron chi connectivity index (χ2n) is 3.71. The van der Waals surface area contributed by atoms with Crippen molar-refractivity contribution in [3.8, 4) is 0 Å². The zero-order valence-electron chi connectivity index (χ0n) is 9.56. The Morgan fingerprint density at radius 2 is 2.17 bits per heavy atom. The lowest BCUT2D eigenvalue weighted by Crippen LogP contribution is -2.22. The lowest BCUT2D eigenvalue weighted by Gasteiger charge is -2.19. The molecule has 0 amide bonds. The van der Waals surface area contributed by atoms with Gasteiger partial charge in [-0.25, -0.2) is 4.39 Å². The van der Waals surface area contributed by atoms with Crippen LogP contribution in [0.1, 0.15) is 18.6 Å². The van der Waals surface area contributed by atoms with Gasteiger partial charge in [0, 0.05) is 23.3 Å². The summed E-state index contributed by atoms with van der Waals surface area (Å²) < 4.78 is 13.3. The minimum atomic E-state index is -1.38. The minimum Gasteiger partial charge on any atom is -0.396 e. The number of benzene rings is 1. The van der Waals surface area contributed by atoms with E-state index in [9.17, 15) is 19.4 Å². The highest BCUT2D eigenvalue weighted by molar-refractivity contribution is 8.13. The molecule has 100 valence electrons. The van der Waals surface area contributed by atoms with Crippen molar-refractivity contribution < 1.29 is 19.4 Å². The van der Waals surface area contributed by atoms with E-state index in [-0.39, 0.29) is 27.1 Å². The molecule has 0 heterocycles. The van der Waals surface area contributed by atoms with Gasteiger partial charge in [-0.15, -0.1) is 0 Å². The van der Waals surface area contributed by atoms with Crippen LogP contribution in [0.25, 0.3) is 0 Å². The van der Waals surface area contributed by atoms with Crippen LogP contribution in [0, 0.1) is 5.82 Å². The molecule has 4 N–H and O–H groups in total. The Hall–Kier alpha value is -0.820. The van der Waals surface area contributed by atoms with Crippen molar-refractivity contribution >= 4 is 34.2 Å². The molecule has 0 aliphatic heterocycles. The summed E-state index contributed by atoms with van der Waals surface area (Å²) in [7, 11) is 0. The smallest absolute Gasteiger partial charge is 0.185 e. The molecular weight excluding hydrogens is 281 g/mol. The van der Waals surface area contributed by atoms with E-state index in [1.165, 1.54) is 13.0 Å². The Balaban J connectivity index is 2.86. The van der Waals surface area contributed by atoms with E-state index in [2.05, 4.69) is 0 Å². The van der Waals surface area contributed by atoms with Crippen molar-refractivity contribution in [2.75, 3.05) is 11.5 Å². The molecule has 0 aromatic heterocycles. The average molecular weight is 294 g/mol. The summed E-state index contributed by atoms with van der Waals surface area (Å²) in [6.07, 6.45) is -2.60. The van der Waals surface area contributed by atoms with Crippen LogP contribution in [-0.4, -0.2) is 27.2 Å². The minimum absolute atomic E-state index is 0.00117. The molecule has 0 bridgehead atoms. The predicted octanol–water partition coefficient (Wildman–Crippen LogP) is 1.74. The van der Waals surface area contributed by atoms with Gasteiger partial charge in [-0.05, 0) is 12.1 Å². The number of nitrogen functional groups attached to an aromatic ring is 1. The molecule has 18 heavy (non-hydrogen) atoms. The predicted molar refractivity (Wildman–Crippen MR) is 69.9 cm³/mol. The first-order chi connectivity index (χ1) is 8.32. The second-order valence-corrected chi connectivity index (χ2v) is 5.31. The number of thioether (sulfide) groups is 1. The van der Waals surface area contributed by atoms with Crippen LogP contribution in [-0.2, 0) is 4.79 Å². The number of aliphatic hydroxyl groups excluding tert-OH is 2. The molecule has 1 aromatic carbocycles. The number of rotatable bonds is 4. The van der Waals surface area contributed by atoms with Crippen LogP contribution in [0.15, 0.2) is 12.1 Å². The number of halogens is 2. The van der Waals surface area contributed by atoms with Crippen molar-refractivity contribution in [2.45, 2.75) is 19.1 Å². The van der Waals surface area contributed by atoms with Gasteiger partial charge in [0.1, 0.15) is 11.9 Å². The number of hydrogen-bond donors (Lipinski definition) is 3. The topological polar surface area (TPSA) is 83.5 Å². The quantitative estimate of drug-likeness (QED) is 0.737. The normalized spacial score (nSPS) is 14.3. The first-order valence-corrected chi connectivity index (χ1v) is 6.43. The Bertz CT molecular complexity index is 458. The largest absolute Gasteiger partial charge is 0.396 e. The molecule has 0 fully saturated rings. The van der Waals surface area contributed by atoms with Crippen molar-refractivity contribution in [2.24, 2.45) is 0 Å². The monoisotopic (exact) mass is 293 g/mol. The first-order valence-electron chi connectivity index (χ1n) is 5.06. The Morgan fingerprint density at radius 3 is 2.72 bits per heavy atom. The van der Waals surface area contributed by atoms with Crippen molar-refractivity contribution in [3.05, 3.63) is 28.5 Å². The molecule has 0 radical (unpaired) electrons. The maximum Gasteiger partial charge on any atom is 0.185 e. The van der Waals surface area contributed by atoms with Gasteiger partial charge in [-0.2, -0.15) is 0 Å². The van der Waals surface area contributed by atoms with Crippen LogP contribution in [0.2, 0.25) is 5.02 Å². The SMILES string of the molecule is CC(=O)SCC(O)C(O)c1cc(F)c(N)cc1Cl. The van der Waals surface area contributed by atoms with E-state index in [4.69, 9.17) is 17.3 Å².